The molecule has 0 amide bonds. The number of nitro groups is 1. The molecule has 5 atom stereocenters. The van der Waals surface area contributed by atoms with Gasteiger partial charge in [0.05, 0.1) is 11.5 Å². The molecule has 0 bridgehead atoms. The summed E-state index contributed by atoms with van der Waals surface area (Å²) in [5.74, 6) is -2.71. The highest BCUT2D eigenvalue weighted by molar-refractivity contribution is 5.81. The van der Waals surface area contributed by atoms with Crippen LogP contribution in [0.15, 0.2) is 18.2 Å². The van der Waals surface area contributed by atoms with Crippen molar-refractivity contribution in [3.63, 3.8) is 0 Å². The van der Waals surface area contributed by atoms with Gasteiger partial charge in [-0.1, -0.05) is 13.0 Å². The molecule has 1 saturated heterocycles. The van der Waals surface area contributed by atoms with Crippen molar-refractivity contribution in [1.29, 1.82) is 0 Å². The topological polar surface area (TPSA) is 152 Å². The monoisotopic (exact) mass is 425 g/mol. The Morgan fingerprint density at radius 1 is 1.13 bits per heavy atom. The molecule has 1 fully saturated rings. The smallest absolute Gasteiger partial charge is 0.311 e. The highest BCUT2D eigenvalue weighted by atomic mass is 16.7. The first-order valence-corrected chi connectivity index (χ1v) is 9.10. The van der Waals surface area contributed by atoms with Crippen molar-refractivity contribution >= 4 is 23.4 Å². The summed E-state index contributed by atoms with van der Waals surface area (Å²) in [4.78, 5) is 46.0. The van der Waals surface area contributed by atoms with Gasteiger partial charge in [-0.05, 0) is 18.6 Å². The summed E-state index contributed by atoms with van der Waals surface area (Å²) in [5, 5.41) is 20.6. The van der Waals surface area contributed by atoms with Crippen LogP contribution in [-0.2, 0) is 35.2 Å². The second-order valence-corrected chi connectivity index (χ2v) is 6.88. The van der Waals surface area contributed by atoms with Crippen LogP contribution in [0.5, 0.6) is 5.75 Å². The molecule has 0 spiro atoms. The highest BCUT2D eigenvalue weighted by Crippen LogP contribution is 2.35. The Kier molecular flexibility index (Phi) is 7.46. The van der Waals surface area contributed by atoms with Crippen molar-refractivity contribution < 1.29 is 43.4 Å². The quantitative estimate of drug-likeness (QED) is 0.384. The van der Waals surface area contributed by atoms with E-state index in [1.165, 1.54) is 19.1 Å². The summed E-state index contributed by atoms with van der Waals surface area (Å²) >= 11 is 0. The maximum Gasteiger partial charge on any atom is 0.311 e. The number of hydrogen-bond donors (Lipinski definition) is 1. The normalized spacial score (nSPS) is 25.8. The van der Waals surface area contributed by atoms with E-state index in [2.05, 4.69) is 0 Å². The highest BCUT2D eigenvalue weighted by Gasteiger charge is 2.51. The lowest BCUT2D eigenvalue weighted by Gasteiger charge is -2.43. The molecule has 30 heavy (non-hydrogen) atoms. The Morgan fingerprint density at radius 3 is 2.23 bits per heavy atom. The largest absolute Gasteiger partial charge is 0.458 e. The fourth-order valence-corrected chi connectivity index (χ4v) is 3.24. The van der Waals surface area contributed by atoms with Crippen molar-refractivity contribution in [2.75, 3.05) is 0 Å². The standard InChI is InChI=1S/C19H23NO10/c1-9-16(10(2)22)30-19(18(28-12(4)24)17(9)27-11(3)23)29-15-6-5-13(8-21)7-14(15)20(25)26/h5-7,9,16-19,21H,8H2,1-4H3/t9-,16+,17+,18-,19-/m1/s1. The van der Waals surface area contributed by atoms with Crippen LogP contribution in [0.2, 0.25) is 0 Å². The second-order valence-electron chi connectivity index (χ2n) is 6.88. The van der Waals surface area contributed by atoms with E-state index in [0.29, 0.717) is 0 Å². The molecule has 1 heterocycles. The predicted octanol–water partition coefficient (Wildman–Crippen LogP) is 1.28. The lowest BCUT2D eigenvalue weighted by atomic mass is 9.88. The van der Waals surface area contributed by atoms with Gasteiger partial charge in [-0.3, -0.25) is 24.5 Å². The van der Waals surface area contributed by atoms with E-state index in [9.17, 15) is 29.6 Å². The number of aliphatic hydroxyl groups is 1. The number of esters is 2. The number of aliphatic hydroxyl groups excluding tert-OH is 1. The molecule has 1 aromatic rings. The number of nitro benzene ring substituents is 1. The number of benzene rings is 1. The minimum atomic E-state index is -1.47. The number of ether oxygens (including phenoxy) is 4. The van der Waals surface area contributed by atoms with Crippen LogP contribution in [0.3, 0.4) is 0 Å². The number of ketones is 1. The molecule has 2 rings (SSSR count). The fraction of sp³-hybridized carbons (Fsp3) is 0.526. The van der Waals surface area contributed by atoms with Gasteiger partial charge in [-0.15, -0.1) is 0 Å². The predicted molar refractivity (Wildman–Crippen MR) is 99.3 cm³/mol. The molecular weight excluding hydrogens is 402 g/mol. The number of hydrogen-bond acceptors (Lipinski definition) is 10. The molecule has 0 unspecified atom stereocenters. The van der Waals surface area contributed by atoms with Gasteiger partial charge in [-0.2, -0.15) is 0 Å². The maximum absolute atomic E-state index is 12.1. The molecule has 1 N–H and O–H groups in total. The SMILES string of the molecule is CC(=O)O[C@H]1[C@H](Oc2ccc(CO)cc2[N+](=O)[O-])O[C@H](C(C)=O)[C@@H](C)[C@@H]1OC(C)=O. The molecule has 11 heteroatoms. The molecule has 1 aliphatic heterocycles. The molecule has 164 valence electrons. The fourth-order valence-electron chi connectivity index (χ4n) is 3.24. The molecule has 1 aromatic carbocycles. The summed E-state index contributed by atoms with van der Waals surface area (Å²) in [5.41, 5.74) is -0.183. The lowest BCUT2D eigenvalue weighted by Crippen LogP contribution is -2.59. The van der Waals surface area contributed by atoms with Crippen molar-refractivity contribution in [1.82, 2.24) is 0 Å². The van der Waals surface area contributed by atoms with E-state index >= 15 is 0 Å². The molecule has 1 aliphatic rings. The molecule has 0 radical (unpaired) electrons. The molecule has 0 aliphatic carbocycles. The summed E-state index contributed by atoms with van der Waals surface area (Å²) < 4.78 is 21.8. The number of carbonyl (C=O) groups is 3. The van der Waals surface area contributed by atoms with Crippen molar-refractivity contribution in [3.8, 4) is 5.75 Å². The van der Waals surface area contributed by atoms with Crippen molar-refractivity contribution in [3.05, 3.63) is 33.9 Å². The van der Waals surface area contributed by atoms with Crippen LogP contribution in [0, 0.1) is 16.0 Å². The van der Waals surface area contributed by atoms with Gasteiger partial charge < -0.3 is 24.1 Å². The van der Waals surface area contributed by atoms with E-state index in [-0.39, 0.29) is 17.1 Å². The zero-order chi connectivity index (χ0) is 22.6. The Labute approximate surface area is 172 Å². The third kappa shape index (κ3) is 5.30. The Bertz CT molecular complexity index is 839. The number of nitrogens with zero attached hydrogens (tertiary/aromatic N) is 1. The van der Waals surface area contributed by atoms with E-state index < -0.39 is 59.7 Å². The average molecular weight is 425 g/mol. The van der Waals surface area contributed by atoms with Gasteiger partial charge in [0.15, 0.2) is 17.6 Å². The van der Waals surface area contributed by atoms with Crippen LogP contribution in [0.4, 0.5) is 5.69 Å². The van der Waals surface area contributed by atoms with Crippen LogP contribution in [-0.4, -0.2) is 52.4 Å². The third-order valence-corrected chi connectivity index (χ3v) is 4.52. The number of carbonyl (C=O) groups excluding carboxylic acids is 3. The first-order valence-electron chi connectivity index (χ1n) is 9.10. The molecule has 0 aromatic heterocycles. The van der Waals surface area contributed by atoms with Crippen molar-refractivity contribution in [2.24, 2.45) is 5.92 Å². The molecule has 11 nitrogen and oxygen atoms in total. The maximum atomic E-state index is 12.1. The third-order valence-electron chi connectivity index (χ3n) is 4.52. The minimum absolute atomic E-state index is 0.238. The van der Waals surface area contributed by atoms with Crippen LogP contribution < -0.4 is 4.74 Å². The van der Waals surface area contributed by atoms with Gasteiger partial charge in [0.2, 0.25) is 12.4 Å². The van der Waals surface area contributed by atoms with Gasteiger partial charge >= 0.3 is 17.6 Å². The Morgan fingerprint density at radius 2 is 1.73 bits per heavy atom. The first-order chi connectivity index (χ1) is 14.0. The summed E-state index contributed by atoms with van der Waals surface area (Å²) in [6.45, 7) is 4.72. The van der Waals surface area contributed by atoms with E-state index in [4.69, 9.17) is 18.9 Å². The zero-order valence-electron chi connectivity index (χ0n) is 16.9. The second kappa shape index (κ2) is 9.63. The van der Waals surface area contributed by atoms with Gasteiger partial charge in [0, 0.05) is 25.8 Å². The zero-order valence-corrected chi connectivity index (χ0v) is 16.9. The van der Waals surface area contributed by atoms with Gasteiger partial charge in [0.25, 0.3) is 0 Å². The Balaban J connectivity index is 2.47. The van der Waals surface area contributed by atoms with E-state index in [1.54, 1.807) is 6.92 Å². The first kappa shape index (κ1) is 23.2. The number of Topliss-reactive ketones (excluding diaryl/α,β-unsaturated/α-hetero) is 1. The summed E-state index contributed by atoms with van der Waals surface area (Å²) in [7, 11) is 0. The van der Waals surface area contributed by atoms with Crippen LogP contribution in [0.25, 0.3) is 0 Å². The van der Waals surface area contributed by atoms with E-state index in [0.717, 1.165) is 19.9 Å². The summed E-state index contributed by atoms with van der Waals surface area (Å²) in [6.07, 6.45) is -4.91. The molecule has 0 saturated carbocycles. The van der Waals surface area contributed by atoms with Gasteiger partial charge in [-0.25, -0.2) is 0 Å². The number of rotatable bonds is 7. The van der Waals surface area contributed by atoms with E-state index in [1.807, 2.05) is 0 Å². The van der Waals surface area contributed by atoms with Gasteiger partial charge in [0.1, 0.15) is 6.10 Å². The Hall–Kier alpha value is -3.05. The molecular formula is C19H23NO10. The summed E-state index contributed by atoms with van der Waals surface area (Å²) in [6, 6.07) is 3.77. The lowest BCUT2D eigenvalue weighted by molar-refractivity contribution is -0.387. The van der Waals surface area contributed by atoms with Crippen molar-refractivity contribution in [2.45, 2.75) is 58.9 Å². The minimum Gasteiger partial charge on any atom is -0.458 e. The van der Waals surface area contributed by atoms with Crippen LogP contribution in [0.1, 0.15) is 33.3 Å². The average Bonchev–Trinajstić information content (AvgIpc) is 2.65. The van der Waals surface area contributed by atoms with Crippen LogP contribution >= 0.6 is 0 Å².